The zero-order valence-electron chi connectivity index (χ0n) is 4.85. The second-order valence-corrected chi connectivity index (χ2v) is 1.21. The van der Waals surface area contributed by atoms with Gasteiger partial charge in [-0.1, -0.05) is 13.3 Å². The Hall–Kier alpha value is -0.0800. The Kier molecular flexibility index (Phi) is 13.3. The molecule has 0 aromatic heterocycles. The van der Waals surface area contributed by atoms with Crippen LogP contribution < -0.4 is 6.15 Å². The molecule has 0 aliphatic carbocycles. The zero-order valence-corrected chi connectivity index (χ0v) is 4.85. The lowest BCUT2D eigenvalue weighted by molar-refractivity contribution is 0.297. The van der Waals surface area contributed by atoms with Crippen molar-refractivity contribution in [3.8, 4) is 0 Å². The van der Waals surface area contributed by atoms with E-state index in [2.05, 4.69) is 13.3 Å². The smallest absolute Gasteiger partial charge is 0.0433 e. The van der Waals surface area contributed by atoms with Gasteiger partial charge in [0.05, 0.1) is 0 Å². The van der Waals surface area contributed by atoms with Crippen LogP contribution in [0, 0.1) is 6.42 Å². The summed E-state index contributed by atoms with van der Waals surface area (Å²) in [7, 11) is 0. The van der Waals surface area contributed by atoms with Crippen molar-refractivity contribution in [1.82, 2.24) is 6.15 Å². The summed E-state index contributed by atoms with van der Waals surface area (Å²) in [5.74, 6) is 0. The third kappa shape index (κ3) is 10.7. The normalized spacial score (nSPS) is 7.71. The van der Waals surface area contributed by atoms with Crippen LogP contribution in [0.2, 0.25) is 0 Å². The molecule has 0 saturated heterocycles. The molecule has 0 aromatic rings. The van der Waals surface area contributed by atoms with Crippen LogP contribution in [0.1, 0.15) is 19.8 Å². The first-order chi connectivity index (χ1) is 2.91. The van der Waals surface area contributed by atoms with E-state index in [4.69, 9.17) is 5.11 Å². The molecule has 0 saturated carbocycles. The van der Waals surface area contributed by atoms with Crippen LogP contribution in [0.4, 0.5) is 0 Å². The van der Waals surface area contributed by atoms with E-state index in [-0.39, 0.29) is 6.15 Å². The van der Waals surface area contributed by atoms with Crippen LogP contribution in [0.25, 0.3) is 0 Å². The van der Waals surface area contributed by atoms with Crippen LogP contribution >= 0.6 is 0 Å². The average molecular weight is 104 g/mol. The van der Waals surface area contributed by atoms with Gasteiger partial charge in [-0.2, -0.15) is 0 Å². The first kappa shape index (κ1) is 10.0. The summed E-state index contributed by atoms with van der Waals surface area (Å²) < 4.78 is 0. The number of aliphatic hydroxyl groups excluding tert-OH is 1. The van der Waals surface area contributed by atoms with Gasteiger partial charge < -0.3 is 11.3 Å². The van der Waals surface area contributed by atoms with E-state index in [1.165, 1.54) is 0 Å². The number of hydrogen-bond donors (Lipinski definition) is 2. The Morgan fingerprint density at radius 1 is 1.57 bits per heavy atom. The molecule has 0 unspecified atom stereocenters. The fraction of sp³-hybridized carbons (Fsp3) is 0.800. The molecule has 45 valence electrons. The van der Waals surface area contributed by atoms with Gasteiger partial charge >= 0.3 is 0 Å². The predicted octanol–water partition coefficient (Wildman–Crippen LogP) is 1.15. The topological polar surface area (TPSA) is 55.2 Å². The first-order valence-corrected chi connectivity index (χ1v) is 2.34. The van der Waals surface area contributed by atoms with Gasteiger partial charge in [-0.3, -0.25) is 0 Å². The van der Waals surface area contributed by atoms with Crippen molar-refractivity contribution in [3.05, 3.63) is 6.42 Å². The molecule has 0 amide bonds. The number of rotatable bonds is 3. The maximum atomic E-state index is 8.17. The third-order valence-corrected chi connectivity index (χ3v) is 0.622. The SMILES string of the molecule is CC[CH]CCO.N. The van der Waals surface area contributed by atoms with Crippen LogP contribution in [-0.2, 0) is 0 Å². The van der Waals surface area contributed by atoms with E-state index >= 15 is 0 Å². The van der Waals surface area contributed by atoms with Crippen molar-refractivity contribution in [3.63, 3.8) is 0 Å². The van der Waals surface area contributed by atoms with Crippen molar-refractivity contribution in [1.29, 1.82) is 0 Å². The predicted molar refractivity (Wildman–Crippen MR) is 31.3 cm³/mol. The Balaban J connectivity index is 0. The average Bonchev–Trinajstić information content (AvgIpc) is 1.61. The summed E-state index contributed by atoms with van der Waals surface area (Å²) in [6.45, 7) is 2.36. The Morgan fingerprint density at radius 2 is 2.14 bits per heavy atom. The number of unbranched alkanes of at least 4 members (excludes halogenated alkanes) is 2. The van der Waals surface area contributed by atoms with E-state index in [0.29, 0.717) is 6.61 Å². The molecular weight excluding hydrogens is 90.1 g/mol. The largest absolute Gasteiger partial charge is 0.396 e. The molecular formula is C5H14NO. The van der Waals surface area contributed by atoms with Crippen molar-refractivity contribution in [2.75, 3.05) is 6.61 Å². The van der Waals surface area contributed by atoms with Crippen molar-refractivity contribution < 1.29 is 5.11 Å². The molecule has 0 aliphatic heterocycles. The summed E-state index contributed by atoms with van der Waals surface area (Å²) in [6, 6.07) is 0. The van der Waals surface area contributed by atoms with E-state index < -0.39 is 0 Å². The summed E-state index contributed by atoms with van der Waals surface area (Å²) in [5.41, 5.74) is 0. The maximum absolute atomic E-state index is 8.17. The molecule has 0 aromatic carbocycles. The maximum Gasteiger partial charge on any atom is 0.0433 e. The third-order valence-electron chi connectivity index (χ3n) is 0.622. The fourth-order valence-electron chi connectivity index (χ4n) is 0.295. The molecule has 0 bridgehead atoms. The van der Waals surface area contributed by atoms with Crippen LogP contribution in [0.3, 0.4) is 0 Å². The van der Waals surface area contributed by atoms with E-state index in [1.54, 1.807) is 0 Å². The van der Waals surface area contributed by atoms with E-state index in [9.17, 15) is 0 Å². The lowest BCUT2D eigenvalue weighted by Crippen LogP contribution is -1.79. The van der Waals surface area contributed by atoms with Crippen molar-refractivity contribution in [2.45, 2.75) is 19.8 Å². The highest BCUT2D eigenvalue weighted by atomic mass is 16.2. The molecule has 2 heteroatoms. The molecule has 0 rings (SSSR count). The lowest BCUT2D eigenvalue weighted by atomic mass is 10.3. The summed E-state index contributed by atoms with van der Waals surface area (Å²) >= 11 is 0. The highest BCUT2D eigenvalue weighted by Gasteiger charge is 1.76. The van der Waals surface area contributed by atoms with Gasteiger partial charge in [-0.05, 0) is 12.8 Å². The second-order valence-electron chi connectivity index (χ2n) is 1.21. The molecule has 2 nitrogen and oxygen atoms in total. The minimum absolute atomic E-state index is 0. The molecule has 1 radical (unpaired) electrons. The lowest BCUT2D eigenvalue weighted by Gasteiger charge is -1.85. The summed E-state index contributed by atoms with van der Waals surface area (Å²) in [4.78, 5) is 0. The Morgan fingerprint density at radius 3 is 2.29 bits per heavy atom. The van der Waals surface area contributed by atoms with Crippen LogP contribution in [0.15, 0.2) is 0 Å². The van der Waals surface area contributed by atoms with E-state index in [0.717, 1.165) is 12.8 Å². The van der Waals surface area contributed by atoms with Gasteiger partial charge in [0.1, 0.15) is 0 Å². The van der Waals surface area contributed by atoms with Crippen molar-refractivity contribution in [2.24, 2.45) is 0 Å². The van der Waals surface area contributed by atoms with Gasteiger partial charge in [0, 0.05) is 6.61 Å². The summed E-state index contributed by atoms with van der Waals surface area (Å²) in [6.07, 6.45) is 3.97. The van der Waals surface area contributed by atoms with Crippen molar-refractivity contribution >= 4 is 0 Å². The minimum Gasteiger partial charge on any atom is -0.396 e. The second kappa shape index (κ2) is 9.33. The Labute approximate surface area is 45.1 Å². The fourth-order valence-corrected chi connectivity index (χ4v) is 0.295. The first-order valence-electron chi connectivity index (χ1n) is 2.34. The zero-order chi connectivity index (χ0) is 4.83. The molecule has 0 atom stereocenters. The highest BCUT2D eigenvalue weighted by Crippen LogP contribution is 1.87. The van der Waals surface area contributed by atoms with Gasteiger partial charge in [0.15, 0.2) is 0 Å². The number of hydrogen-bond acceptors (Lipinski definition) is 2. The highest BCUT2D eigenvalue weighted by molar-refractivity contribution is 4.58. The van der Waals surface area contributed by atoms with E-state index in [1.807, 2.05) is 0 Å². The van der Waals surface area contributed by atoms with Gasteiger partial charge in [0.25, 0.3) is 0 Å². The standard InChI is InChI=1S/C5H11O.H3N/c1-2-3-4-5-6;/h3,6H,2,4-5H2,1H3;1H3. The molecule has 0 spiro atoms. The molecule has 0 fully saturated rings. The van der Waals surface area contributed by atoms with Gasteiger partial charge in [-0.15, -0.1) is 0 Å². The molecule has 4 N–H and O–H groups in total. The summed E-state index contributed by atoms with van der Waals surface area (Å²) in [5, 5.41) is 8.17. The van der Waals surface area contributed by atoms with Gasteiger partial charge in [-0.25, -0.2) is 0 Å². The quantitative estimate of drug-likeness (QED) is 0.527. The minimum atomic E-state index is 0. The van der Waals surface area contributed by atoms with Crippen LogP contribution in [0.5, 0.6) is 0 Å². The monoisotopic (exact) mass is 104 g/mol. The Bertz CT molecular complexity index is 20.0. The van der Waals surface area contributed by atoms with Crippen LogP contribution in [-0.4, -0.2) is 11.7 Å². The molecule has 0 heterocycles. The van der Waals surface area contributed by atoms with Gasteiger partial charge in [0.2, 0.25) is 0 Å². The number of aliphatic hydroxyl groups is 1. The molecule has 0 aliphatic rings. The molecule has 7 heavy (non-hydrogen) atoms.